The van der Waals surface area contributed by atoms with E-state index in [0.717, 1.165) is 0 Å². The number of carboxylic acid groups (broad SMARTS) is 1. The maximum absolute atomic E-state index is 12.8. The Morgan fingerprint density at radius 2 is 1.86 bits per heavy atom. The zero-order valence-electron chi connectivity index (χ0n) is 13.1. The molecule has 0 radical (unpaired) electrons. The predicted octanol–water partition coefficient (Wildman–Crippen LogP) is 0.370. The van der Waals surface area contributed by atoms with Crippen LogP contribution in [0.3, 0.4) is 0 Å². The average Bonchev–Trinajstić information content (AvgIpc) is 2.78. The summed E-state index contributed by atoms with van der Waals surface area (Å²) in [5.41, 5.74) is 0. The number of carbonyl (C=O) groups excluding carboxylic acids is 1. The van der Waals surface area contributed by atoms with E-state index in [9.17, 15) is 18.0 Å². The monoisotopic (exact) mass is 332 g/mol. The number of hydrogen-bond donors (Lipinski definition) is 1. The van der Waals surface area contributed by atoms with E-state index in [4.69, 9.17) is 5.11 Å². The highest BCUT2D eigenvalue weighted by Gasteiger charge is 2.42. The molecule has 0 bridgehead atoms. The van der Waals surface area contributed by atoms with E-state index < -0.39 is 28.0 Å². The molecular formula is C14H24N2O5S. The van der Waals surface area contributed by atoms with Crippen LogP contribution in [-0.2, 0) is 19.6 Å². The lowest BCUT2D eigenvalue weighted by Gasteiger charge is -2.37. The summed E-state index contributed by atoms with van der Waals surface area (Å²) < 4.78 is 25.6. The number of hydrogen-bond acceptors (Lipinski definition) is 4. The summed E-state index contributed by atoms with van der Waals surface area (Å²) in [4.78, 5) is 25.5. The summed E-state index contributed by atoms with van der Waals surface area (Å²) in [6.45, 7) is 4.70. The summed E-state index contributed by atoms with van der Waals surface area (Å²) in [5.74, 6) is -1.77. The molecule has 2 rings (SSSR count). The SMILES string of the molecule is CC(C)C(C(=O)N1CCCC(C(=O)O)C1)N1CCCS1(=O)=O. The number of sulfonamides is 1. The van der Waals surface area contributed by atoms with Crippen LogP contribution in [0.1, 0.15) is 33.1 Å². The molecular weight excluding hydrogens is 308 g/mol. The standard InChI is InChI=1S/C14H24N2O5S/c1-10(2)12(16-7-4-8-22(16,20)21)13(17)15-6-3-5-11(9-15)14(18)19/h10-12H,3-9H2,1-2H3,(H,18,19). The molecule has 126 valence electrons. The van der Waals surface area contributed by atoms with Crippen molar-refractivity contribution in [3.63, 3.8) is 0 Å². The molecule has 8 heteroatoms. The summed E-state index contributed by atoms with van der Waals surface area (Å²) in [5, 5.41) is 9.14. The third kappa shape index (κ3) is 3.43. The Hall–Kier alpha value is -1.15. The molecule has 2 saturated heterocycles. The molecule has 0 aromatic rings. The number of aliphatic carboxylic acids is 1. The lowest BCUT2D eigenvalue weighted by atomic mass is 9.95. The second-order valence-electron chi connectivity index (χ2n) is 6.43. The molecule has 0 saturated carbocycles. The topological polar surface area (TPSA) is 95.0 Å². The van der Waals surface area contributed by atoms with Gasteiger partial charge in [-0.2, -0.15) is 4.31 Å². The third-order valence-corrected chi connectivity index (χ3v) is 6.34. The van der Waals surface area contributed by atoms with Crippen molar-refractivity contribution in [3.05, 3.63) is 0 Å². The molecule has 0 aliphatic carbocycles. The van der Waals surface area contributed by atoms with Gasteiger partial charge in [-0.3, -0.25) is 9.59 Å². The van der Waals surface area contributed by atoms with Crippen LogP contribution < -0.4 is 0 Å². The Bertz CT molecular complexity index is 545. The van der Waals surface area contributed by atoms with Gasteiger partial charge in [0.15, 0.2) is 0 Å². The van der Waals surface area contributed by atoms with Crippen molar-refractivity contribution in [2.75, 3.05) is 25.4 Å². The van der Waals surface area contributed by atoms with Gasteiger partial charge in [0.1, 0.15) is 6.04 Å². The molecule has 22 heavy (non-hydrogen) atoms. The second-order valence-corrected chi connectivity index (χ2v) is 8.47. The van der Waals surface area contributed by atoms with E-state index >= 15 is 0 Å². The van der Waals surface area contributed by atoms with Crippen molar-refractivity contribution in [1.29, 1.82) is 0 Å². The molecule has 2 aliphatic rings. The quantitative estimate of drug-likeness (QED) is 0.802. The van der Waals surface area contributed by atoms with Crippen molar-refractivity contribution in [3.8, 4) is 0 Å². The normalized spacial score (nSPS) is 27.0. The molecule has 1 N–H and O–H groups in total. The van der Waals surface area contributed by atoms with Crippen LogP contribution >= 0.6 is 0 Å². The van der Waals surface area contributed by atoms with Gasteiger partial charge in [-0.1, -0.05) is 13.8 Å². The van der Waals surface area contributed by atoms with E-state index in [1.54, 1.807) is 0 Å². The molecule has 2 atom stereocenters. The van der Waals surface area contributed by atoms with Crippen LogP contribution in [-0.4, -0.2) is 66.0 Å². The highest BCUT2D eigenvalue weighted by molar-refractivity contribution is 7.89. The van der Waals surface area contributed by atoms with Crippen molar-refractivity contribution in [1.82, 2.24) is 9.21 Å². The van der Waals surface area contributed by atoms with E-state index in [0.29, 0.717) is 32.4 Å². The van der Waals surface area contributed by atoms with E-state index in [1.165, 1.54) is 9.21 Å². The van der Waals surface area contributed by atoms with Crippen molar-refractivity contribution >= 4 is 21.9 Å². The van der Waals surface area contributed by atoms with Gasteiger partial charge in [0.05, 0.1) is 11.7 Å². The Labute approximate surface area is 131 Å². The number of nitrogens with zero attached hydrogens (tertiary/aromatic N) is 2. The molecule has 2 heterocycles. The van der Waals surface area contributed by atoms with Crippen molar-refractivity contribution < 1.29 is 23.1 Å². The van der Waals surface area contributed by atoms with Crippen LogP contribution in [0.5, 0.6) is 0 Å². The minimum Gasteiger partial charge on any atom is -0.481 e. The lowest BCUT2D eigenvalue weighted by Crippen LogP contribution is -2.54. The predicted molar refractivity (Wildman–Crippen MR) is 80.7 cm³/mol. The minimum atomic E-state index is -3.38. The molecule has 7 nitrogen and oxygen atoms in total. The van der Waals surface area contributed by atoms with Crippen LogP contribution in [0.4, 0.5) is 0 Å². The summed E-state index contributed by atoms with van der Waals surface area (Å²) in [6, 6.07) is -0.722. The number of carboxylic acids is 1. The molecule has 2 fully saturated rings. The minimum absolute atomic E-state index is 0.0846. The largest absolute Gasteiger partial charge is 0.481 e. The van der Waals surface area contributed by atoms with Crippen molar-refractivity contribution in [2.45, 2.75) is 39.2 Å². The number of likely N-dealkylation sites (tertiary alicyclic amines) is 1. The van der Waals surface area contributed by atoms with Gasteiger partial charge in [-0.15, -0.1) is 0 Å². The Kier molecular flexibility index (Phi) is 5.11. The van der Waals surface area contributed by atoms with Crippen molar-refractivity contribution in [2.24, 2.45) is 11.8 Å². The van der Waals surface area contributed by atoms with E-state index in [-0.39, 0.29) is 24.1 Å². The second kappa shape index (κ2) is 6.54. The number of carbonyl (C=O) groups is 2. The molecule has 0 aromatic heterocycles. The molecule has 2 unspecified atom stereocenters. The molecule has 0 spiro atoms. The zero-order chi connectivity index (χ0) is 16.5. The first kappa shape index (κ1) is 17.2. The highest BCUT2D eigenvalue weighted by atomic mass is 32.2. The van der Waals surface area contributed by atoms with Gasteiger partial charge < -0.3 is 10.0 Å². The van der Waals surface area contributed by atoms with Crippen LogP contribution in [0.2, 0.25) is 0 Å². The Morgan fingerprint density at radius 1 is 1.18 bits per heavy atom. The Morgan fingerprint density at radius 3 is 2.36 bits per heavy atom. The maximum Gasteiger partial charge on any atom is 0.308 e. The van der Waals surface area contributed by atoms with Gasteiger partial charge in [0.25, 0.3) is 0 Å². The smallest absolute Gasteiger partial charge is 0.308 e. The van der Waals surface area contributed by atoms with Gasteiger partial charge in [-0.05, 0) is 25.2 Å². The van der Waals surface area contributed by atoms with Crippen LogP contribution in [0, 0.1) is 11.8 Å². The fraction of sp³-hybridized carbons (Fsp3) is 0.857. The first-order valence-electron chi connectivity index (χ1n) is 7.75. The third-order valence-electron chi connectivity index (χ3n) is 4.42. The Balaban J connectivity index is 2.18. The van der Waals surface area contributed by atoms with Gasteiger partial charge in [-0.25, -0.2) is 8.42 Å². The fourth-order valence-corrected chi connectivity index (χ4v) is 5.09. The summed E-state index contributed by atoms with van der Waals surface area (Å²) in [7, 11) is -3.38. The average molecular weight is 332 g/mol. The number of rotatable bonds is 4. The number of piperidine rings is 1. The highest BCUT2D eigenvalue weighted by Crippen LogP contribution is 2.26. The van der Waals surface area contributed by atoms with Gasteiger partial charge in [0.2, 0.25) is 15.9 Å². The maximum atomic E-state index is 12.8. The first-order chi connectivity index (χ1) is 10.2. The fourth-order valence-electron chi connectivity index (χ4n) is 3.28. The van der Waals surface area contributed by atoms with Crippen LogP contribution in [0.25, 0.3) is 0 Å². The number of amides is 1. The lowest BCUT2D eigenvalue weighted by molar-refractivity contribution is -0.147. The van der Waals surface area contributed by atoms with E-state index in [1.807, 2.05) is 13.8 Å². The molecule has 0 aromatic carbocycles. The molecule has 2 aliphatic heterocycles. The molecule has 1 amide bonds. The van der Waals surface area contributed by atoms with Gasteiger partial charge >= 0.3 is 5.97 Å². The summed E-state index contributed by atoms with van der Waals surface area (Å²) >= 11 is 0. The van der Waals surface area contributed by atoms with E-state index in [2.05, 4.69) is 0 Å². The first-order valence-corrected chi connectivity index (χ1v) is 9.36. The zero-order valence-corrected chi connectivity index (χ0v) is 13.9. The summed E-state index contributed by atoms with van der Waals surface area (Å²) in [6.07, 6.45) is 1.74. The van der Waals surface area contributed by atoms with Crippen LogP contribution in [0.15, 0.2) is 0 Å². The van der Waals surface area contributed by atoms with Gasteiger partial charge in [0, 0.05) is 19.6 Å².